The molecule has 0 spiro atoms. The van der Waals surface area contributed by atoms with E-state index >= 15 is 0 Å². The summed E-state index contributed by atoms with van der Waals surface area (Å²) >= 11 is 0. The minimum absolute atomic E-state index is 0.00546. The predicted molar refractivity (Wildman–Crippen MR) is 69.1 cm³/mol. The minimum atomic E-state index is -0.423. The minimum Gasteiger partial charge on any atom is -0.453 e. The number of methoxy groups -OCH3 is 1. The van der Waals surface area contributed by atoms with Gasteiger partial charge in [-0.2, -0.15) is 0 Å². The second-order valence-corrected chi connectivity index (χ2v) is 5.22. The van der Waals surface area contributed by atoms with Gasteiger partial charge >= 0.3 is 6.09 Å². The number of carbonyl (C=O) groups excluding carboxylic acids is 2. The molecule has 1 fully saturated rings. The molecule has 18 heavy (non-hydrogen) atoms. The zero-order valence-corrected chi connectivity index (χ0v) is 11.7. The summed E-state index contributed by atoms with van der Waals surface area (Å²) in [4.78, 5) is 24.9. The predicted octanol–water partition coefficient (Wildman–Crippen LogP) is 1.63. The molecular formula is C13H24N2O3. The van der Waals surface area contributed by atoms with Gasteiger partial charge in [0.25, 0.3) is 0 Å². The number of piperidine rings is 1. The molecule has 0 bridgehead atoms. The number of nitrogens with zero attached hydrogens (tertiary/aromatic N) is 1. The Bertz CT molecular complexity index is 305. The summed E-state index contributed by atoms with van der Waals surface area (Å²) in [5.41, 5.74) is 0. The van der Waals surface area contributed by atoms with Gasteiger partial charge in [-0.1, -0.05) is 20.8 Å². The first-order valence-corrected chi connectivity index (χ1v) is 6.60. The van der Waals surface area contributed by atoms with Crippen molar-refractivity contribution in [3.63, 3.8) is 0 Å². The number of hydrogen-bond donors (Lipinski definition) is 1. The van der Waals surface area contributed by atoms with E-state index in [2.05, 4.69) is 23.9 Å². The fourth-order valence-electron chi connectivity index (χ4n) is 2.38. The Morgan fingerprint density at radius 1 is 1.39 bits per heavy atom. The Morgan fingerprint density at radius 3 is 2.56 bits per heavy atom. The lowest BCUT2D eigenvalue weighted by Crippen LogP contribution is -2.53. The molecule has 1 rings (SSSR count). The number of hydrogen-bond acceptors (Lipinski definition) is 3. The highest BCUT2D eigenvalue weighted by Gasteiger charge is 2.31. The van der Waals surface area contributed by atoms with E-state index in [1.807, 2.05) is 11.8 Å². The second kappa shape index (κ2) is 6.61. The quantitative estimate of drug-likeness (QED) is 0.835. The van der Waals surface area contributed by atoms with Crippen molar-refractivity contribution < 1.29 is 14.3 Å². The maximum atomic E-state index is 11.8. The molecule has 5 nitrogen and oxygen atoms in total. The van der Waals surface area contributed by atoms with Gasteiger partial charge in [-0.05, 0) is 18.3 Å². The van der Waals surface area contributed by atoms with Gasteiger partial charge < -0.3 is 15.0 Å². The summed E-state index contributed by atoms with van der Waals surface area (Å²) in [5, 5.41) is 2.81. The van der Waals surface area contributed by atoms with E-state index in [0.717, 1.165) is 13.0 Å². The van der Waals surface area contributed by atoms with Crippen LogP contribution in [0.15, 0.2) is 0 Å². The molecule has 2 unspecified atom stereocenters. The molecule has 0 aromatic rings. The normalized spacial score (nSPS) is 23.9. The molecule has 2 amide bonds. The van der Waals surface area contributed by atoms with Gasteiger partial charge in [0, 0.05) is 19.5 Å². The highest BCUT2D eigenvalue weighted by molar-refractivity contribution is 5.76. The van der Waals surface area contributed by atoms with Crippen LogP contribution in [0, 0.1) is 11.8 Å². The van der Waals surface area contributed by atoms with Crippen molar-refractivity contribution in [2.45, 2.75) is 39.7 Å². The fraction of sp³-hybridized carbons (Fsp3) is 0.846. The van der Waals surface area contributed by atoms with Crippen molar-refractivity contribution in [2.24, 2.45) is 11.8 Å². The highest BCUT2D eigenvalue weighted by atomic mass is 16.5. The first kappa shape index (κ1) is 14.8. The number of alkyl carbamates (subject to hydrolysis) is 1. The van der Waals surface area contributed by atoms with Crippen LogP contribution < -0.4 is 5.32 Å². The van der Waals surface area contributed by atoms with Crippen molar-refractivity contribution in [3.8, 4) is 0 Å². The van der Waals surface area contributed by atoms with E-state index in [9.17, 15) is 9.59 Å². The Hall–Kier alpha value is -1.26. The van der Waals surface area contributed by atoms with E-state index in [1.54, 1.807) is 0 Å². The van der Waals surface area contributed by atoms with Gasteiger partial charge in [0.1, 0.15) is 0 Å². The summed E-state index contributed by atoms with van der Waals surface area (Å²) < 4.78 is 4.62. The maximum Gasteiger partial charge on any atom is 0.407 e. The zero-order chi connectivity index (χ0) is 13.7. The van der Waals surface area contributed by atoms with Gasteiger partial charge in [-0.25, -0.2) is 4.79 Å². The van der Waals surface area contributed by atoms with Crippen LogP contribution in [0.2, 0.25) is 0 Å². The molecule has 0 saturated carbocycles. The third-order valence-corrected chi connectivity index (χ3v) is 3.59. The summed E-state index contributed by atoms with van der Waals surface area (Å²) in [6, 6.07) is -0.00546. The van der Waals surface area contributed by atoms with Crippen LogP contribution in [-0.4, -0.2) is 43.1 Å². The van der Waals surface area contributed by atoms with Crippen LogP contribution in [-0.2, 0) is 9.53 Å². The second-order valence-electron chi connectivity index (χ2n) is 5.22. The summed E-state index contributed by atoms with van der Waals surface area (Å²) in [6.45, 7) is 7.55. The van der Waals surface area contributed by atoms with E-state index in [0.29, 0.717) is 24.8 Å². The van der Waals surface area contributed by atoms with E-state index in [-0.39, 0.29) is 11.9 Å². The number of rotatable bonds is 3. The number of nitrogens with one attached hydrogen (secondary N) is 1. The maximum absolute atomic E-state index is 11.8. The standard InChI is InChI=1S/C13H24N2O3/c1-5-12(16)15-7-10(9(2)3)6-11(8-15)14-13(17)18-4/h9-11H,5-8H2,1-4H3,(H,14,17). The van der Waals surface area contributed by atoms with E-state index in [1.165, 1.54) is 7.11 Å². The highest BCUT2D eigenvalue weighted by Crippen LogP contribution is 2.24. The lowest BCUT2D eigenvalue weighted by Gasteiger charge is -2.39. The third kappa shape index (κ3) is 3.89. The topological polar surface area (TPSA) is 58.6 Å². The molecule has 0 aromatic carbocycles. The summed E-state index contributed by atoms with van der Waals surface area (Å²) in [7, 11) is 1.35. The molecule has 104 valence electrons. The molecule has 1 saturated heterocycles. The van der Waals surface area contributed by atoms with Crippen molar-refractivity contribution >= 4 is 12.0 Å². The van der Waals surface area contributed by atoms with Crippen LogP contribution in [0.5, 0.6) is 0 Å². The molecule has 1 aliphatic heterocycles. The van der Waals surface area contributed by atoms with Crippen molar-refractivity contribution in [1.29, 1.82) is 0 Å². The van der Waals surface area contributed by atoms with Gasteiger partial charge in [-0.3, -0.25) is 4.79 Å². The largest absolute Gasteiger partial charge is 0.453 e. The van der Waals surface area contributed by atoms with Crippen LogP contribution in [0.25, 0.3) is 0 Å². The Labute approximate surface area is 109 Å². The summed E-state index contributed by atoms with van der Waals surface area (Å²) in [5.74, 6) is 1.08. The molecule has 1 N–H and O–H groups in total. The van der Waals surface area contributed by atoms with Gasteiger partial charge in [-0.15, -0.1) is 0 Å². The average molecular weight is 256 g/mol. The van der Waals surface area contributed by atoms with Gasteiger partial charge in [0.2, 0.25) is 5.91 Å². The van der Waals surface area contributed by atoms with E-state index in [4.69, 9.17) is 0 Å². The van der Waals surface area contributed by atoms with Crippen molar-refractivity contribution in [1.82, 2.24) is 10.2 Å². The average Bonchev–Trinajstić information content (AvgIpc) is 2.37. The molecule has 1 heterocycles. The number of amides is 2. The lowest BCUT2D eigenvalue weighted by molar-refractivity contribution is -0.133. The van der Waals surface area contributed by atoms with Crippen LogP contribution in [0.1, 0.15) is 33.6 Å². The Morgan fingerprint density at radius 2 is 2.06 bits per heavy atom. The van der Waals surface area contributed by atoms with Gasteiger partial charge in [0.05, 0.1) is 13.2 Å². The first-order chi connectivity index (χ1) is 8.47. The number of ether oxygens (including phenoxy) is 1. The van der Waals surface area contributed by atoms with Crippen LogP contribution in [0.3, 0.4) is 0 Å². The molecule has 5 heteroatoms. The lowest BCUT2D eigenvalue weighted by atomic mass is 9.85. The molecule has 0 radical (unpaired) electrons. The zero-order valence-electron chi connectivity index (χ0n) is 11.7. The Kier molecular flexibility index (Phi) is 5.44. The molecule has 0 aliphatic carbocycles. The smallest absolute Gasteiger partial charge is 0.407 e. The molecule has 0 aromatic heterocycles. The van der Waals surface area contributed by atoms with Crippen molar-refractivity contribution in [3.05, 3.63) is 0 Å². The molecule has 1 aliphatic rings. The third-order valence-electron chi connectivity index (χ3n) is 3.59. The number of carbonyl (C=O) groups is 2. The van der Waals surface area contributed by atoms with Crippen molar-refractivity contribution in [2.75, 3.05) is 20.2 Å². The number of likely N-dealkylation sites (tertiary alicyclic amines) is 1. The molecule has 2 atom stereocenters. The fourth-order valence-corrected chi connectivity index (χ4v) is 2.38. The van der Waals surface area contributed by atoms with Crippen LogP contribution in [0.4, 0.5) is 4.79 Å². The monoisotopic (exact) mass is 256 g/mol. The Balaban J connectivity index is 2.68. The summed E-state index contributed by atoms with van der Waals surface area (Å²) in [6.07, 6.45) is 0.990. The van der Waals surface area contributed by atoms with Gasteiger partial charge in [0.15, 0.2) is 0 Å². The van der Waals surface area contributed by atoms with E-state index < -0.39 is 6.09 Å². The SMILES string of the molecule is CCC(=O)N1CC(NC(=O)OC)CC(C(C)C)C1. The first-order valence-electron chi connectivity index (χ1n) is 6.60. The van der Waals surface area contributed by atoms with Crippen LogP contribution >= 0.6 is 0 Å². The molecular weight excluding hydrogens is 232 g/mol.